The van der Waals surface area contributed by atoms with Gasteiger partial charge in [-0.15, -0.1) is 0 Å². The molecule has 2 aromatic rings. The van der Waals surface area contributed by atoms with Crippen LogP contribution in [0.5, 0.6) is 5.75 Å². The number of aliphatic hydroxyl groups excluding tert-OH is 2. The second-order valence-corrected chi connectivity index (χ2v) is 6.08. The summed E-state index contributed by atoms with van der Waals surface area (Å²) < 4.78 is 0. The number of aromatic hydroxyl groups is 1. The summed E-state index contributed by atoms with van der Waals surface area (Å²) in [4.78, 5) is 2.01. The fraction of sp³-hybridized carbons (Fsp3) is 0.412. The average Bonchev–Trinajstić information content (AvgIpc) is 2.50. The van der Waals surface area contributed by atoms with Crippen LogP contribution in [0.15, 0.2) is 36.4 Å². The van der Waals surface area contributed by atoms with Crippen LogP contribution in [0.1, 0.15) is 12.5 Å². The second-order valence-electron chi connectivity index (χ2n) is 6.08. The Bertz CT molecular complexity index is 608. The van der Waals surface area contributed by atoms with Crippen molar-refractivity contribution in [1.29, 1.82) is 0 Å². The van der Waals surface area contributed by atoms with E-state index in [0.29, 0.717) is 13.1 Å². The van der Waals surface area contributed by atoms with E-state index in [1.54, 1.807) is 6.07 Å². The fourth-order valence-electron chi connectivity index (χ4n) is 2.62. The van der Waals surface area contributed by atoms with E-state index in [-0.39, 0.29) is 19.0 Å². The van der Waals surface area contributed by atoms with Crippen LogP contribution in [0, 0.1) is 5.41 Å². The Morgan fingerprint density at radius 2 is 1.71 bits per heavy atom. The summed E-state index contributed by atoms with van der Waals surface area (Å²) in [7, 11) is 1.92. The predicted octanol–water partition coefficient (Wildman–Crippen LogP) is 1.97. The van der Waals surface area contributed by atoms with Crippen LogP contribution in [0.25, 0.3) is 10.8 Å². The molecule has 114 valence electrons. The molecule has 4 heteroatoms. The quantitative estimate of drug-likeness (QED) is 0.761. The lowest BCUT2D eigenvalue weighted by molar-refractivity contribution is 0.0401. The Labute approximate surface area is 125 Å². The van der Waals surface area contributed by atoms with Crippen molar-refractivity contribution < 1.29 is 15.3 Å². The van der Waals surface area contributed by atoms with E-state index in [1.165, 1.54) is 0 Å². The topological polar surface area (TPSA) is 63.9 Å². The van der Waals surface area contributed by atoms with Gasteiger partial charge in [-0.25, -0.2) is 0 Å². The van der Waals surface area contributed by atoms with E-state index >= 15 is 0 Å². The molecule has 0 aliphatic carbocycles. The van der Waals surface area contributed by atoms with Gasteiger partial charge in [0.05, 0.1) is 13.2 Å². The van der Waals surface area contributed by atoms with Gasteiger partial charge in [-0.1, -0.05) is 37.3 Å². The number of phenols is 1. The molecular weight excluding hydrogens is 266 g/mol. The maximum Gasteiger partial charge on any atom is 0.120 e. The molecular formula is C17H23NO3. The van der Waals surface area contributed by atoms with Crippen LogP contribution < -0.4 is 0 Å². The number of nitrogens with zero attached hydrogens (tertiary/aromatic N) is 1. The normalized spacial score (nSPS) is 12.2. The zero-order chi connectivity index (χ0) is 15.5. The first-order chi connectivity index (χ1) is 9.99. The predicted molar refractivity (Wildman–Crippen MR) is 84.2 cm³/mol. The summed E-state index contributed by atoms with van der Waals surface area (Å²) in [5.41, 5.74) is 0.323. The second kappa shape index (κ2) is 6.43. The first-order valence-corrected chi connectivity index (χ1v) is 7.09. The van der Waals surface area contributed by atoms with Gasteiger partial charge >= 0.3 is 0 Å². The molecule has 2 rings (SSSR count). The molecule has 0 saturated heterocycles. The number of benzene rings is 2. The average molecular weight is 289 g/mol. The van der Waals surface area contributed by atoms with Gasteiger partial charge in [0.1, 0.15) is 5.75 Å². The number of phenolic OH excluding ortho intramolecular Hbond substituents is 1. The monoisotopic (exact) mass is 289 g/mol. The van der Waals surface area contributed by atoms with E-state index in [1.807, 2.05) is 49.2 Å². The molecule has 0 heterocycles. The van der Waals surface area contributed by atoms with Crippen molar-refractivity contribution in [2.24, 2.45) is 5.41 Å². The Hall–Kier alpha value is -1.62. The van der Waals surface area contributed by atoms with Gasteiger partial charge in [-0.3, -0.25) is 0 Å². The van der Waals surface area contributed by atoms with Gasteiger partial charge < -0.3 is 20.2 Å². The molecule has 0 unspecified atom stereocenters. The lowest BCUT2D eigenvalue weighted by Gasteiger charge is -2.30. The molecule has 0 amide bonds. The van der Waals surface area contributed by atoms with Crippen molar-refractivity contribution in [3.05, 3.63) is 42.0 Å². The van der Waals surface area contributed by atoms with Crippen LogP contribution >= 0.6 is 0 Å². The summed E-state index contributed by atoms with van der Waals surface area (Å²) in [6.45, 7) is 2.79. The standard InChI is InChI=1S/C17H23NO3/c1-17(11-19,12-20)10-18(2)9-15-14-6-4-3-5-13(14)7-8-16(15)21/h3-8,19-21H,9-12H2,1-2H3. The Morgan fingerprint density at radius 3 is 2.38 bits per heavy atom. The Morgan fingerprint density at radius 1 is 1.05 bits per heavy atom. The van der Waals surface area contributed by atoms with E-state index in [4.69, 9.17) is 0 Å². The molecule has 4 nitrogen and oxygen atoms in total. The summed E-state index contributed by atoms with van der Waals surface area (Å²) in [6, 6.07) is 11.6. The maximum absolute atomic E-state index is 10.1. The first-order valence-electron chi connectivity index (χ1n) is 7.09. The number of hydrogen-bond acceptors (Lipinski definition) is 4. The zero-order valence-electron chi connectivity index (χ0n) is 12.6. The van der Waals surface area contributed by atoms with Crippen molar-refractivity contribution in [1.82, 2.24) is 4.90 Å². The zero-order valence-corrected chi connectivity index (χ0v) is 12.6. The smallest absolute Gasteiger partial charge is 0.120 e. The highest BCUT2D eigenvalue weighted by atomic mass is 16.3. The molecule has 0 spiro atoms. The van der Waals surface area contributed by atoms with Gasteiger partial charge in [-0.05, 0) is 23.9 Å². The van der Waals surface area contributed by atoms with Gasteiger partial charge in [0.25, 0.3) is 0 Å². The van der Waals surface area contributed by atoms with Crippen molar-refractivity contribution in [3.63, 3.8) is 0 Å². The summed E-state index contributed by atoms with van der Waals surface area (Å²) in [5, 5.41) is 31.0. The van der Waals surface area contributed by atoms with Crippen LogP contribution in [0.4, 0.5) is 0 Å². The van der Waals surface area contributed by atoms with Crippen molar-refractivity contribution in [2.75, 3.05) is 26.8 Å². The number of rotatable bonds is 6. The molecule has 0 saturated carbocycles. The van der Waals surface area contributed by atoms with Crippen LogP contribution in [-0.2, 0) is 6.54 Å². The van der Waals surface area contributed by atoms with Gasteiger partial charge in [0.15, 0.2) is 0 Å². The van der Waals surface area contributed by atoms with Gasteiger partial charge in [0, 0.05) is 24.1 Å². The molecule has 3 N–H and O–H groups in total. The van der Waals surface area contributed by atoms with Crippen LogP contribution in [-0.4, -0.2) is 47.0 Å². The minimum atomic E-state index is -0.547. The molecule has 0 fully saturated rings. The number of aliphatic hydroxyl groups is 2. The fourth-order valence-corrected chi connectivity index (χ4v) is 2.62. The van der Waals surface area contributed by atoms with Crippen LogP contribution in [0.3, 0.4) is 0 Å². The van der Waals surface area contributed by atoms with Gasteiger partial charge in [-0.2, -0.15) is 0 Å². The van der Waals surface area contributed by atoms with E-state index in [2.05, 4.69) is 0 Å². The molecule has 0 radical (unpaired) electrons. The lowest BCUT2D eigenvalue weighted by Crippen LogP contribution is -2.38. The third kappa shape index (κ3) is 3.53. The first kappa shape index (κ1) is 15.8. The summed E-state index contributed by atoms with van der Waals surface area (Å²) >= 11 is 0. The van der Waals surface area contributed by atoms with E-state index in [9.17, 15) is 15.3 Å². The number of hydrogen-bond donors (Lipinski definition) is 3. The van der Waals surface area contributed by atoms with E-state index < -0.39 is 5.41 Å². The van der Waals surface area contributed by atoms with E-state index in [0.717, 1.165) is 16.3 Å². The third-order valence-electron chi connectivity index (χ3n) is 3.86. The third-order valence-corrected chi connectivity index (χ3v) is 3.86. The maximum atomic E-state index is 10.1. The SMILES string of the molecule is CN(Cc1c(O)ccc2ccccc12)CC(C)(CO)CO. The summed E-state index contributed by atoms with van der Waals surface area (Å²) in [5.74, 6) is 0.273. The highest BCUT2D eigenvalue weighted by Gasteiger charge is 2.24. The molecule has 0 bridgehead atoms. The molecule has 0 atom stereocenters. The minimum absolute atomic E-state index is 0.0740. The molecule has 21 heavy (non-hydrogen) atoms. The van der Waals surface area contributed by atoms with Gasteiger partial charge in [0.2, 0.25) is 0 Å². The van der Waals surface area contributed by atoms with Crippen molar-refractivity contribution in [2.45, 2.75) is 13.5 Å². The molecule has 0 aliphatic heterocycles. The Balaban J connectivity index is 2.25. The highest BCUT2D eigenvalue weighted by molar-refractivity contribution is 5.87. The molecule has 0 aliphatic rings. The lowest BCUT2D eigenvalue weighted by atomic mass is 9.92. The largest absolute Gasteiger partial charge is 0.508 e. The summed E-state index contributed by atoms with van der Waals surface area (Å²) in [6.07, 6.45) is 0. The van der Waals surface area contributed by atoms with Crippen molar-refractivity contribution in [3.8, 4) is 5.75 Å². The Kier molecular flexibility index (Phi) is 4.83. The molecule has 2 aromatic carbocycles. The van der Waals surface area contributed by atoms with Crippen LogP contribution in [0.2, 0.25) is 0 Å². The minimum Gasteiger partial charge on any atom is -0.508 e. The van der Waals surface area contributed by atoms with Crippen molar-refractivity contribution >= 4 is 10.8 Å². The highest BCUT2D eigenvalue weighted by Crippen LogP contribution is 2.28. The number of fused-ring (bicyclic) bond motifs is 1. The molecule has 0 aromatic heterocycles.